The summed E-state index contributed by atoms with van der Waals surface area (Å²) in [6, 6.07) is 5.56. The lowest BCUT2D eigenvalue weighted by Gasteiger charge is -2.10. The summed E-state index contributed by atoms with van der Waals surface area (Å²) in [5.41, 5.74) is 5.54. The highest BCUT2D eigenvalue weighted by molar-refractivity contribution is 5.40. The van der Waals surface area contributed by atoms with E-state index >= 15 is 0 Å². The fraction of sp³-hybridized carbons (Fsp3) is 0.357. The standard InChI is InChI=1S/C14H18N3O3/c1-18-14-7-6-13(20-17-19-2)8-11(14)4-3-5-12-9-15-10-16-12/h6-10H,3-5H2,1-2H3,(H,15,16). The zero-order valence-electron chi connectivity index (χ0n) is 11.6. The van der Waals surface area contributed by atoms with Gasteiger partial charge >= 0.3 is 0 Å². The topological polar surface area (TPSA) is 70.5 Å². The van der Waals surface area contributed by atoms with Crippen molar-refractivity contribution < 1.29 is 14.4 Å². The second-order valence-corrected chi connectivity index (χ2v) is 4.24. The molecule has 1 aromatic carbocycles. The van der Waals surface area contributed by atoms with Gasteiger partial charge in [-0.05, 0) is 43.0 Å². The lowest BCUT2D eigenvalue weighted by Crippen LogP contribution is -2.08. The maximum absolute atomic E-state index is 5.35. The number of methoxy groups -OCH3 is 1. The van der Waals surface area contributed by atoms with Gasteiger partial charge in [-0.2, -0.15) is 0 Å². The fourth-order valence-corrected chi connectivity index (χ4v) is 1.97. The van der Waals surface area contributed by atoms with Crippen molar-refractivity contribution in [3.05, 3.63) is 42.0 Å². The number of aromatic nitrogens is 2. The minimum Gasteiger partial charge on any atom is -0.496 e. The summed E-state index contributed by atoms with van der Waals surface area (Å²) in [7, 11) is 3.10. The van der Waals surface area contributed by atoms with Crippen LogP contribution in [0.2, 0.25) is 0 Å². The van der Waals surface area contributed by atoms with Crippen LogP contribution in [0.15, 0.2) is 30.7 Å². The minimum atomic E-state index is 0.627. The Balaban J connectivity index is 1.96. The van der Waals surface area contributed by atoms with Gasteiger partial charge in [0.15, 0.2) is 5.75 Å². The molecular weight excluding hydrogens is 258 g/mol. The fourth-order valence-electron chi connectivity index (χ4n) is 1.97. The molecule has 0 bridgehead atoms. The van der Waals surface area contributed by atoms with Crippen LogP contribution < -0.4 is 15.2 Å². The van der Waals surface area contributed by atoms with E-state index in [2.05, 4.69) is 20.4 Å². The van der Waals surface area contributed by atoms with Crippen molar-refractivity contribution in [1.82, 2.24) is 15.6 Å². The van der Waals surface area contributed by atoms with Gasteiger partial charge in [0.1, 0.15) is 11.4 Å². The third-order valence-corrected chi connectivity index (χ3v) is 2.90. The molecule has 0 atom stereocenters. The number of rotatable bonds is 8. The minimum absolute atomic E-state index is 0.627. The number of nitrogens with one attached hydrogen (secondary N) is 1. The van der Waals surface area contributed by atoms with Crippen molar-refractivity contribution in [2.24, 2.45) is 0 Å². The summed E-state index contributed by atoms with van der Waals surface area (Å²) in [4.78, 5) is 16.8. The Kier molecular flexibility index (Phi) is 5.40. The second-order valence-electron chi connectivity index (χ2n) is 4.24. The molecule has 0 aliphatic heterocycles. The number of imidazole rings is 1. The number of aryl methyl sites for hydroxylation is 2. The van der Waals surface area contributed by atoms with Crippen LogP contribution in [-0.2, 0) is 17.7 Å². The number of hydrogen-bond donors (Lipinski definition) is 1. The summed E-state index contributed by atoms with van der Waals surface area (Å²) in [5, 5.41) is 0. The maximum atomic E-state index is 5.35. The molecule has 1 radical (unpaired) electrons. The first-order valence-corrected chi connectivity index (χ1v) is 6.38. The highest BCUT2D eigenvalue weighted by atomic mass is 16.9. The summed E-state index contributed by atoms with van der Waals surface area (Å²) in [6.45, 7) is 0. The van der Waals surface area contributed by atoms with Crippen molar-refractivity contribution >= 4 is 0 Å². The molecule has 0 aliphatic rings. The van der Waals surface area contributed by atoms with Crippen molar-refractivity contribution in [3.8, 4) is 11.5 Å². The molecular formula is C14H18N3O3. The Labute approximate surface area is 118 Å². The van der Waals surface area contributed by atoms with E-state index in [-0.39, 0.29) is 0 Å². The Hall–Kier alpha value is -2.05. The molecule has 0 saturated heterocycles. The van der Waals surface area contributed by atoms with Crippen LogP contribution in [0.25, 0.3) is 0 Å². The summed E-state index contributed by atoms with van der Waals surface area (Å²) in [5.74, 6) is 1.47. The first kappa shape index (κ1) is 14.4. The van der Waals surface area contributed by atoms with E-state index in [1.54, 1.807) is 19.5 Å². The molecule has 2 rings (SSSR count). The van der Waals surface area contributed by atoms with Crippen LogP contribution in [0.1, 0.15) is 17.7 Å². The molecule has 1 heterocycles. The van der Waals surface area contributed by atoms with Crippen molar-refractivity contribution in [3.63, 3.8) is 0 Å². The van der Waals surface area contributed by atoms with Crippen molar-refractivity contribution in [2.45, 2.75) is 19.3 Å². The van der Waals surface area contributed by atoms with E-state index < -0.39 is 0 Å². The highest BCUT2D eigenvalue weighted by Gasteiger charge is 2.07. The number of aromatic amines is 1. The summed E-state index contributed by atoms with van der Waals surface area (Å²) in [6.07, 6.45) is 6.37. The lowest BCUT2D eigenvalue weighted by atomic mass is 10.1. The van der Waals surface area contributed by atoms with Gasteiger partial charge in [0.05, 0.1) is 26.2 Å². The average Bonchev–Trinajstić information content (AvgIpc) is 2.98. The average molecular weight is 276 g/mol. The van der Waals surface area contributed by atoms with Crippen molar-refractivity contribution in [2.75, 3.05) is 14.2 Å². The summed E-state index contributed by atoms with van der Waals surface area (Å²) < 4.78 is 5.35. The van der Waals surface area contributed by atoms with Crippen LogP contribution in [0, 0.1) is 0 Å². The molecule has 0 amide bonds. The number of nitrogens with zero attached hydrogens (tertiary/aromatic N) is 2. The first-order valence-electron chi connectivity index (χ1n) is 6.38. The number of benzene rings is 1. The molecule has 0 saturated carbocycles. The Morgan fingerprint density at radius 1 is 1.25 bits per heavy atom. The predicted octanol–water partition coefficient (Wildman–Crippen LogP) is 2.05. The molecule has 20 heavy (non-hydrogen) atoms. The molecule has 0 fully saturated rings. The van der Waals surface area contributed by atoms with Gasteiger partial charge in [-0.1, -0.05) is 0 Å². The van der Waals surface area contributed by atoms with Gasteiger partial charge in [0.2, 0.25) is 0 Å². The maximum Gasteiger partial charge on any atom is 0.152 e. The Morgan fingerprint density at radius 2 is 2.15 bits per heavy atom. The third kappa shape index (κ3) is 3.97. The third-order valence-electron chi connectivity index (χ3n) is 2.90. The van der Waals surface area contributed by atoms with E-state index in [1.165, 1.54) is 7.11 Å². The molecule has 107 valence electrons. The molecule has 0 spiro atoms. The molecule has 0 aliphatic carbocycles. The lowest BCUT2D eigenvalue weighted by molar-refractivity contribution is -0.0899. The van der Waals surface area contributed by atoms with Gasteiger partial charge in [-0.25, -0.2) is 4.98 Å². The first-order chi connectivity index (χ1) is 9.83. The van der Waals surface area contributed by atoms with Crippen LogP contribution in [0.5, 0.6) is 11.5 Å². The van der Waals surface area contributed by atoms with E-state index in [0.29, 0.717) is 5.75 Å². The smallest absolute Gasteiger partial charge is 0.152 e. The Morgan fingerprint density at radius 3 is 2.85 bits per heavy atom. The molecule has 6 heteroatoms. The van der Waals surface area contributed by atoms with Crippen LogP contribution in [-0.4, -0.2) is 24.2 Å². The van der Waals surface area contributed by atoms with Gasteiger partial charge < -0.3 is 14.6 Å². The number of ether oxygens (including phenoxy) is 1. The second kappa shape index (κ2) is 7.52. The number of hydrogen-bond acceptors (Lipinski definition) is 4. The molecule has 0 unspecified atom stereocenters. The molecule has 2 aromatic rings. The summed E-state index contributed by atoms with van der Waals surface area (Å²) >= 11 is 0. The van der Waals surface area contributed by atoms with Gasteiger partial charge in [-0.3, -0.25) is 4.84 Å². The zero-order chi connectivity index (χ0) is 14.2. The van der Waals surface area contributed by atoms with Gasteiger partial charge in [-0.15, -0.1) is 0 Å². The van der Waals surface area contributed by atoms with E-state index in [0.717, 1.165) is 36.3 Å². The van der Waals surface area contributed by atoms with E-state index in [1.807, 2.05) is 18.3 Å². The number of H-pyrrole nitrogens is 1. The quantitative estimate of drug-likeness (QED) is 0.749. The SMILES string of the molecule is CO[N]Oc1ccc(OC)c(CCCc2c[nH]cn2)c1. The molecule has 1 N–H and O–H groups in total. The zero-order valence-corrected chi connectivity index (χ0v) is 11.6. The van der Waals surface area contributed by atoms with Crippen LogP contribution in [0.3, 0.4) is 0 Å². The van der Waals surface area contributed by atoms with Crippen LogP contribution >= 0.6 is 0 Å². The molecule has 6 nitrogen and oxygen atoms in total. The van der Waals surface area contributed by atoms with Gasteiger partial charge in [0.25, 0.3) is 0 Å². The Bertz CT molecular complexity index is 514. The normalized spacial score (nSPS) is 10.5. The largest absolute Gasteiger partial charge is 0.496 e. The predicted molar refractivity (Wildman–Crippen MR) is 73.4 cm³/mol. The molecule has 1 aromatic heterocycles. The van der Waals surface area contributed by atoms with E-state index in [9.17, 15) is 0 Å². The van der Waals surface area contributed by atoms with Crippen molar-refractivity contribution in [1.29, 1.82) is 0 Å². The monoisotopic (exact) mass is 276 g/mol. The van der Waals surface area contributed by atoms with Gasteiger partial charge in [0, 0.05) is 6.20 Å². The van der Waals surface area contributed by atoms with E-state index in [4.69, 9.17) is 9.57 Å². The van der Waals surface area contributed by atoms with Crippen LogP contribution in [0.4, 0.5) is 0 Å². The highest BCUT2D eigenvalue weighted by Crippen LogP contribution is 2.25.